The van der Waals surface area contributed by atoms with Crippen LogP contribution in [0.15, 0.2) is 0 Å². The molecule has 86 valence electrons. The Morgan fingerprint density at radius 3 is 2.33 bits per heavy atom. The zero-order valence-corrected chi connectivity index (χ0v) is 10.3. The number of carbonyl (C=O) groups is 1. The standard InChI is InChI=1S/C12H21NO2/c1-7-10(9(2)3)8-13-11(14)15-12(4,5)6/h1,9-10H,8H2,2-6H3,(H,13,14). The number of nitrogens with one attached hydrogen (secondary N) is 1. The van der Waals surface area contributed by atoms with Crippen molar-refractivity contribution >= 4 is 6.09 Å². The molecule has 3 nitrogen and oxygen atoms in total. The van der Waals surface area contributed by atoms with Gasteiger partial charge in [0, 0.05) is 12.5 Å². The van der Waals surface area contributed by atoms with E-state index in [0.717, 1.165) is 0 Å². The van der Waals surface area contributed by atoms with Crippen molar-refractivity contribution in [2.45, 2.75) is 40.2 Å². The van der Waals surface area contributed by atoms with Gasteiger partial charge in [0.15, 0.2) is 0 Å². The van der Waals surface area contributed by atoms with E-state index in [4.69, 9.17) is 11.2 Å². The Hall–Kier alpha value is -1.17. The molecule has 0 rings (SSSR count). The first-order valence-corrected chi connectivity index (χ1v) is 5.19. The number of carbonyl (C=O) groups excluding carboxylic acids is 1. The van der Waals surface area contributed by atoms with Gasteiger partial charge in [-0.3, -0.25) is 0 Å². The van der Waals surface area contributed by atoms with Crippen LogP contribution < -0.4 is 5.32 Å². The summed E-state index contributed by atoms with van der Waals surface area (Å²) in [5.41, 5.74) is -0.465. The lowest BCUT2D eigenvalue weighted by molar-refractivity contribution is 0.0520. The van der Waals surface area contributed by atoms with Crippen molar-refractivity contribution in [3.05, 3.63) is 0 Å². The maximum atomic E-state index is 11.3. The minimum absolute atomic E-state index is 0.0533. The highest BCUT2D eigenvalue weighted by molar-refractivity contribution is 5.67. The topological polar surface area (TPSA) is 38.3 Å². The maximum Gasteiger partial charge on any atom is 0.407 e. The highest BCUT2D eigenvalue weighted by Gasteiger charge is 2.17. The minimum atomic E-state index is -0.465. The predicted octanol–water partition coefficient (Wildman–Crippen LogP) is 2.42. The Bertz CT molecular complexity index is 245. The molecule has 0 spiro atoms. The van der Waals surface area contributed by atoms with Crippen LogP contribution in [0, 0.1) is 24.2 Å². The molecule has 0 bridgehead atoms. The number of rotatable bonds is 3. The second-order valence-electron chi connectivity index (χ2n) is 4.90. The third-order valence-electron chi connectivity index (χ3n) is 1.88. The molecule has 1 amide bonds. The van der Waals surface area contributed by atoms with E-state index in [0.29, 0.717) is 12.5 Å². The van der Waals surface area contributed by atoms with E-state index in [1.807, 2.05) is 34.6 Å². The largest absolute Gasteiger partial charge is 0.444 e. The van der Waals surface area contributed by atoms with Crippen LogP contribution in [-0.2, 0) is 4.74 Å². The lowest BCUT2D eigenvalue weighted by atomic mass is 9.97. The quantitative estimate of drug-likeness (QED) is 0.728. The van der Waals surface area contributed by atoms with Crippen molar-refractivity contribution in [1.29, 1.82) is 0 Å². The molecule has 0 aromatic carbocycles. The summed E-state index contributed by atoms with van der Waals surface area (Å²) in [6.45, 7) is 10.0. The molecule has 0 aliphatic rings. The van der Waals surface area contributed by atoms with Crippen LogP contribution in [0.3, 0.4) is 0 Å². The van der Waals surface area contributed by atoms with Crippen LogP contribution in [-0.4, -0.2) is 18.2 Å². The van der Waals surface area contributed by atoms with Gasteiger partial charge in [-0.25, -0.2) is 4.79 Å². The second-order valence-corrected chi connectivity index (χ2v) is 4.90. The molecule has 0 aromatic heterocycles. The Labute approximate surface area is 92.6 Å². The van der Waals surface area contributed by atoms with Crippen molar-refractivity contribution in [3.8, 4) is 12.3 Å². The van der Waals surface area contributed by atoms with Gasteiger partial charge in [-0.1, -0.05) is 13.8 Å². The normalized spacial score (nSPS) is 13.1. The molecule has 3 heteroatoms. The number of hydrogen-bond acceptors (Lipinski definition) is 2. The van der Waals surface area contributed by atoms with Crippen molar-refractivity contribution in [3.63, 3.8) is 0 Å². The summed E-state index contributed by atoms with van der Waals surface area (Å²) in [4.78, 5) is 11.3. The van der Waals surface area contributed by atoms with Gasteiger partial charge in [0.2, 0.25) is 0 Å². The number of hydrogen-bond donors (Lipinski definition) is 1. The van der Waals surface area contributed by atoms with Gasteiger partial charge >= 0.3 is 6.09 Å². The Morgan fingerprint density at radius 2 is 2.00 bits per heavy atom. The van der Waals surface area contributed by atoms with Gasteiger partial charge in [-0.05, 0) is 26.7 Å². The van der Waals surface area contributed by atoms with E-state index >= 15 is 0 Å². The molecule has 15 heavy (non-hydrogen) atoms. The average molecular weight is 211 g/mol. The molecule has 0 saturated heterocycles. The van der Waals surface area contributed by atoms with Crippen LogP contribution in [0.4, 0.5) is 4.79 Å². The average Bonchev–Trinajstić information content (AvgIpc) is 2.01. The van der Waals surface area contributed by atoms with E-state index in [2.05, 4.69) is 11.2 Å². The van der Waals surface area contributed by atoms with Gasteiger partial charge in [0.25, 0.3) is 0 Å². The van der Waals surface area contributed by atoms with Crippen molar-refractivity contribution in [1.82, 2.24) is 5.32 Å². The summed E-state index contributed by atoms with van der Waals surface area (Å²) in [5.74, 6) is 3.05. The van der Waals surface area contributed by atoms with Gasteiger partial charge in [-0.15, -0.1) is 12.3 Å². The molecule has 1 atom stereocenters. The highest BCUT2D eigenvalue weighted by Crippen LogP contribution is 2.09. The van der Waals surface area contributed by atoms with E-state index < -0.39 is 11.7 Å². The first kappa shape index (κ1) is 13.8. The first-order valence-electron chi connectivity index (χ1n) is 5.19. The maximum absolute atomic E-state index is 11.3. The molecule has 0 aromatic rings. The SMILES string of the molecule is C#CC(CNC(=O)OC(C)(C)C)C(C)C. The third kappa shape index (κ3) is 6.84. The lowest BCUT2D eigenvalue weighted by Crippen LogP contribution is -2.36. The highest BCUT2D eigenvalue weighted by atomic mass is 16.6. The van der Waals surface area contributed by atoms with E-state index in [9.17, 15) is 4.79 Å². The monoisotopic (exact) mass is 211 g/mol. The van der Waals surface area contributed by atoms with E-state index in [-0.39, 0.29) is 5.92 Å². The summed E-state index contributed by atoms with van der Waals surface area (Å²) >= 11 is 0. The zero-order chi connectivity index (χ0) is 12.1. The fourth-order valence-corrected chi connectivity index (χ4v) is 0.995. The summed E-state index contributed by atoms with van der Waals surface area (Å²) in [6, 6.07) is 0. The molecule has 1 N–H and O–H groups in total. The van der Waals surface area contributed by atoms with Gasteiger partial charge in [0.05, 0.1) is 0 Å². The van der Waals surface area contributed by atoms with Crippen LogP contribution in [0.1, 0.15) is 34.6 Å². The molecule has 0 aliphatic heterocycles. The van der Waals surface area contributed by atoms with Crippen LogP contribution in [0.2, 0.25) is 0 Å². The Balaban J connectivity index is 3.96. The fourth-order valence-electron chi connectivity index (χ4n) is 0.995. The molecule has 0 heterocycles. The third-order valence-corrected chi connectivity index (χ3v) is 1.88. The second kappa shape index (κ2) is 5.65. The van der Waals surface area contributed by atoms with E-state index in [1.54, 1.807) is 0 Å². The molecule has 0 aliphatic carbocycles. The predicted molar refractivity (Wildman–Crippen MR) is 61.4 cm³/mol. The van der Waals surface area contributed by atoms with Gasteiger partial charge < -0.3 is 10.1 Å². The minimum Gasteiger partial charge on any atom is -0.444 e. The summed E-state index contributed by atoms with van der Waals surface area (Å²) in [7, 11) is 0. The van der Waals surface area contributed by atoms with Crippen molar-refractivity contribution in [2.24, 2.45) is 11.8 Å². The molecular weight excluding hydrogens is 190 g/mol. The van der Waals surface area contributed by atoms with Gasteiger partial charge in [-0.2, -0.15) is 0 Å². The van der Waals surface area contributed by atoms with Crippen LogP contribution in [0.5, 0.6) is 0 Å². The van der Waals surface area contributed by atoms with Crippen molar-refractivity contribution in [2.75, 3.05) is 6.54 Å². The molecular formula is C12H21NO2. The summed E-state index contributed by atoms with van der Waals surface area (Å²) in [6.07, 6.45) is 4.93. The molecule has 0 fully saturated rings. The van der Waals surface area contributed by atoms with Gasteiger partial charge in [0.1, 0.15) is 5.60 Å². The van der Waals surface area contributed by atoms with E-state index in [1.165, 1.54) is 0 Å². The lowest BCUT2D eigenvalue weighted by Gasteiger charge is -2.21. The number of ether oxygens (including phenoxy) is 1. The summed E-state index contributed by atoms with van der Waals surface area (Å²) in [5, 5.41) is 2.67. The summed E-state index contributed by atoms with van der Waals surface area (Å²) < 4.78 is 5.09. The van der Waals surface area contributed by atoms with Crippen molar-refractivity contribution < 1.29 is 9.53 Å². The zero-order valence-electron chi connectivity index (χ0n) is 10.3. The Kier molecular flexibility index (Phi) is 5.21. The molecule has 0 radical (unpaired) electrons. The molecule has 0 saturated carbocycles. The number of terminal acetylenes is 1. The Morgan fingerprint density at radius 1 is 1.47 bits per heavy atom. The number of amides is 1. The number of alkyl carbamates (subject to hydrolysis) is 1. The fraction of sp³-hybridized carbons (Fsp3) is 0.750. The smallest absolute Gasteiger partial charge is 0.407 e. The van der Waals surface area contributed by atoms with Crippen LogP contribution >= 0.6 is 0 Å². The van der Waals surface area contributed by atoms with Crippen LogP contribution in [0.25, 0.3) is 0 Å². The first-order chi connectivity index (χ1) is 6.76. The molecule has 1 unspecified atom stereocenters.